The zero-order valence-electron chi connectivity index (χ0n) is 19.6. The molecular formula is C26H35BrN2O4. The normalized spacial score (nSPS) is 10.5. The number of unbranched alkanes of at least 4 members (excludes halogenated alkanes) is 6. The molecule has 0 atom stereocenters. The molecule has 0 heterocycles. The summed E-state index contributed by atoms with van der Waals surface area (Å²) in [6.45, 7) is 5.54. The summed E-state index contributed by atoms with van der Waals surface area (Å²) < 4.78 is 12.3. The second-order valence-electron chi connectivity index (χ2n) is 7.89. The Hall–Kier alpha value is -2.54. The quantitative estimate of drug-likeness (QED) is 0.222. The molecule has 6 nitrogen and oxygen atoms in total. The lowest BCUT2D eigenvalue weighted by Crippen LogP contribution is -2.41. The molecule has 180 valence electrons. The number of hydrogen-bond donors (Lipinski definition) is 2. The van der Waals surface area contributed by atoms with Crippen LogP contribution in [-0.2, 0) is 0 Å². The molecule has 0 saturated heterocycles. The lowest BCUT2D eigenvalue weighted by Gasteiger charge is -2.13. The van der Waals surface area contributed by atoms with Crippen molar-refractivity contribution in [2.24, 2.45) is 0 Å². The van der Waals surface area contributed by atoms with E-state index in [4.69, 9.17) is 9.47 Å². The third kappa shape index (κ3) is 9.86. The Morgan fingerprint density at radius 1 is 0.758 bits per heavy atom. The van der Waals surface area contributed by atoms with E-state index in [2.05, 4.69) is 40.6 Å². The molecule has 0 aliphatic heterocycles. The fraction of sp³-hybridized carbons (Fsp3) is 0.462. The summed E-state index contributed by atoms with van der Waals surface area (Å²) in [5.41, 5.74) is 5.72. The monoisotopic (exact) mass is 518 g/mol. The molecule has 2 aromatic rings. The zero-order chi connectivity index (χ0) is 23.9. The first kappa shape index (κ1) is 26.7. The molecule has 2 N–H and O–H groups in total. The van der Waals surface area contributed by atoms with Gasteiger partial charge in [0.1, 0.15) is 11.5 Å². The molecule has 2 amide bonds. The van der Waals surface area contributed by atoms with Gasteiger partial charge in [-0.15, -0.1) is 0 Å². The highest BCUT2D eigenvalue weighted by Crippen LogP contribution is 2.23. The van der Waals surface area contributed by atoms with Gasteiger partial charge in [0, 0.05) is 10.0 Å². The molecule has 0 bridgehead atoms. The zero-order valence-corrected chi connectivity index (χ0v) is 21.2. The Bertz CT molecular complexity index is 871. The maximum Gasteiger partial charge on any atom is 0.273 e. The summed E-state index contributed by atoms with van der Waals surface area (Å²) in [6.07, 6.45) is 8.90. The third-order valence-electron chi connectivity index (χ3n) is 5.11. The lowest BCUT2D eigenvalue weighted by atomic mass is 10.2. The van der Waals surface area contributed by atoms with Crippen molar-refractivity contribution in [2.75, 3.05) is 13.2 Å². The Labute approximate surface area is 205 Å². The summed E-state index contributed by atoms with van der Waals surface area (Å²) >= 11 is 3.39. The molecule has 0 radical (unpaired) electrons. The third-order valence-corrected chi connectivity index (χ3v) is 5.61. The minimum atomic E-state index is -0.444. The van der Waals surface area contributed by atoms with Crippen LogP contribution in [0.2, 0.25) is 0 Å². The maximum atomic E-state index is 12.7. The first-order valence-corrected chi connectivity index (χ1v) is 12.6. The van der Waals surface area contributed by atoms with E-state index in [0.717, 1.165) is 48.7 Å². The van der Waals surface area contributed by atoms with E-state index in [0.29, 0.717) is 30.1 Å². The van der Waals surface area contributed by atoms with E-state index in [1.54, 1.807) is 36.4 Å². The number of rotatable bonds is 14. The fourth-order valence-electron chi connectivity index (χ4n) is 3.19. The van der Waals surface area contributed by atoms with Crippen LogP contribution in [-0.4, -0.2) is 25.0 Å². The van der Waals surface area contributed by atoms with E-state index in [-0.39, 0.29) is 0 Å². The number of benzene rings is 2. The Kier molecular flexibility index (Phi) is 12.4. The van der Waals surface area contributed by atoms with Gasteiger partial charge in [-0.25, -0.2) is 0 Å². The number of ether oxygens (including phenoxy) is 2. The summed E-state index contributed by atoms with van der Waals surface area (Å²) in [4.78, 5) is 25.1. The molecule has 0 fully saturated rings. The van der Waals surface area contributed by atoms with Crippen LogP contribution < -0.4 is 20.3 Å². The van der Waals surface area contributed by atoms with Gasteiger partial charge < -0.3 is 9.47 Å². The Morgan fingerprint density at radius 3 is 2.00 bits per heavy atom. The number of carbonyl (C=O) groups excluding carboxylic acids is 2. The van der Waals surface area contributed by atoms with Crippen LogP contribution in [0.4, 0.5) is 0 Å². The van der Waals surface area contributed by atoms with E-state index in [1.165, 1.54) is 12.8 Å². The standard InChI is InChI=1S/C26H35BrN2O4/c1-3-5-7-9-17-32-22-14-11-20(12-15-22)25(30)28-29-26(31)23-19-21(27)13-16-24(23)33-18-10-8-6-4-2/h11-16,19H,3-10,17-18H2,1-2H3,(H,28,30)(H,29,31). The molecule has 0 spiro atoms. The molecule has 0 aromatic heterocycles. The average Bonchev–Trinajstić information content (AvgIpc) is 2.83. The van der Waals surface area contributed by atoms with Crippen molar-refractivity contribution in [3.05, 3.63) is 58.1 Å². The molecule has 2 aromatic carbocycles. The van der Waals surface area contributed by atoms with Crippen LogP contribution in [0.5, 0.6) is 11.5 Å². The molecule has 0 unspecified atom stereocenters. The van der Waals surface area contributed by atoms with Crippen LogP contribution in [0.25, 0.3) is 0 Å². The van der Waals surface area contributed by atoms with E-state index in [1.807, 2.05) is 6.07 Å². The predicted molar refractivity (Wildman–Crippen MR) is 135 cm³/mol. The predicted octanol–water partition coefficient (Wildman–Crippen LogP) is 6.44. The van der Waals surface area contributed by atoms with Crippen LogP contribution >= 0.6 is 15.9 Å². The van der Waals surface area contributed by atoms with Gasteiger partial charge in [-0.1, -0.05) is 68.3 Å². The van der Waals surface area contributed by atoms with Crippen molar-refractivity contribution < 1.29 is 19.1 Å². The average molecular weight is 519 g/mol. The van der Waals surface area contributed by atoms with E-state index in [9.17, 15) is 9.59 Å². The molecule has 0 saturated carbocycles. The highest BCUT2D eigenvalue weighted by Gasteiger charge is 2.15. The number of hydrogen-bond acceptors (Lipinski definition) is 4. The first-order chi connectivity index (χ1) is 16.0. The number of halogens is 1. The van der Waals surface area contributed by atoms with Crippen LogP contribution in [0.15, 0.2) is 46.9 Å². The van der Waals surface area contributed by atoms with Gasteiger partial charge in [0.25, 0.3) is 11.8 Å². The van der Waals surface area contributed by atoms with Gasteiger partial charge in [0.05, 0.1) is 18.8 Å². The fourth-order valence-corrected chi connectivity index (χ4v) is 3.55. The van der Waals surface area contributed by atoms with Gasteiger partial charge in [0.15, 0.2) is 0 Å². The first-order valence-electron chi connectivity index (χ1n) is 11.8. The largest absolute Gasteiger partial charge is 0.494 e. The second-order valence-corrected chi connectivity index (χ2v) is 8.81. The van der Waals surface area contributed by atoms with Gasteiger partial charge in [-0.05, 0) is 55.3 Å². The summed E-state index contributed by atoms with van der Waals surface area (Å²) in [6, 6.07) is 12.1. The molecule has 0 aliphatic carbocycles. The van der Waals surface area contributed by atoms with Gasteiger partial charge in [0.2, 0.25) is 0 Å². The highest BCUT2D eigenvalue weighted by molar-refractivity contribution is 9.10. The minimum absolute atomic E-state index is 0.354. The topological polar surface area (TPSA) is 76.7 Å². The Balaban J connectivity index is 1.85. The smallest absolute Gasteiger partial charge is 0.273 e. The van der Waals surface area contributed by atoms with E-state index >= 15 is 0 Å². The van der Waals surface area contributed by atoms with Crippen LogP contribution in [0.3, 0.4) is 0 Å². The minimum Gasteiger partial charge on any atom is -0.494 e. The number of hydrazine groups is 1. The second kappa shape index (κ2) is 15.3. The van der Waals surface area contributed by atoms with Crippen molar-refractivity contribution >= 4 is 27.7 Å². The van der Waals surface area contributed by atoms with Crippen molar-refractivity contribution in [3.63, 3.8) is 0 Å². The summed E-state index contributed by atoms with van der Waals surface area (Å²) in [5.74, 6) is 0.360. The van der Waals surface area contributed by atoms with Crippen molar-refractivity contribution in [1.82, 2.24) is 10.9 Å². The molecule has 2 rings (SSSR count). The molecule has 33 heavy (non-hydrogen) atoms. The van der Waals surface area contributed by atoms with Gasteiger partial charge >= 0.3 is 0 Å². The molecular weight excluding hydrogens is 484 g/mol. The highest BCUT2D eigenvalue weighted by atomic mass is 79.9. The van der Waals surface area contributed by atoms with E-state index < -0.39 is 11.8 Å². The van der Waals surface area contributed by atoms with Gasteiger partial charge in [-0.3, -0.25) is 20.4 Å². The molecule has 0 aliphatic rings. The van der Waals surface area contributed by atoms with Gasteiger partial charge in [-0.2, -0.15) is 0 Å². The summed E-state index contributed by atoms with van der Waals surface area (Å²) in [5, 5.41) is 0. The van der Waals surface area contributed by atoms with Crippen molar-refractivity contribution in [2.45, 2.75) is 65.2 Å². The van der Waals surface area contributed by atoms with Crippen LogP contribution in [0.1, 0.15) is 85.9 Å². The van der Waals surface area contributed by atoms with Crippen molar-refractivity contribution in [3.8, 4) is 11.5 Å². The maximum absolute atomic E-state index is 12.7. The number of nitrogens with one attached hydrogen (secondary N) is 2. The Morgan fingerprint density at radius 2 is 1.36 bits per heavy atom. The van der Waals surface area contributed by atoms with Crippen LogP contribution in [0, 0.1) is 0 Å². The summed E-state index contributed by atoms with van der Waals surface area (Å²) in [7, 11) is 0. The number of carbonyl (C=O) groups is 2. The van der Waals surface area contributed by atoms with Crippen molar-refractivity contribution in [1.29, 1.82) is 0 Å². The number of amides is 2. The molecule has 7 heteroatoms. The SMILES string of the molecule is CCCCCCOc1ccc(C(=O)NNC(=O)c2cc(Br)ccc2OCCCCCC)cc1. The lowest BCUT2D eigenvalue weighted by molar-refractivity contribution is 0.0844.